The minimum atomic E-state index is -0.172. The number of nitrogens with one attached hydrogen (secondary N) is 2. The first-order valence-electron chi connectivity index (χ1n) is 5.12. The topological polar surface area (TPSA) is 50.4 Å². The van der Waals surface area contributed by atoms with Gasteiger partial charge in [0.2, 0.25) is 0 Å². The molecule has 2 rings (SSSR count). The van der Waals surface area contributed by atoms with Crippen LogP contribution in [0.25, 0.3) is 0 Å². The molecule has 0 aliphatic carbocycles. The Bertz CT molecular complexity index is 363. The second kappa shape index (κ2) is 5.32. The summed E-state index contributed by atoms with van der Waals surface area (Å²) < 4.78 is 6.01. The monoisotopic (exact) mass is 284 g/mol. The van der Waals surface area contributed by atoms with E-state index in [4.69, 9.17) is 4.74 Å². The number of amides is 2. The summed E-state index contributed by atoms with van der Waals surface area (Å²) in [6.07, 6.45) is 0. The molecular weight excluding hydrogens is 272 g/mol. The molecule has 1 saturated heterocycles. The van der Waals surface area contributed by atoms with Crippen LogP contribution in [0.2, 0.25) is 0 Å². The molecule has 1 heterocycles. The van der Waals surface area contributed by atoms with Crippen LogP contribution in [-0.2, 0) is 4.74 Å². The number of hydrogen-bond acceptors (Lipinski definition) is 2. The molecule has 0 unspecified atom stereocenters. The van der Waals surface area contributed by atoms with Crippen LogP contribution in [0, 0.1) is 5.92 Å². The fourth-order valence-electron chi connectivity index (χ4n) is 1.35. The smallest absolute Gasteiger partial charge is 0.319 e. The minimum absolute atomic E-state index is 0.172. The Hall–Kier alpha value is -1.07. The van der Waals surface area contributed by atoms with E-state index in [0.717, 1.165) is 23.4 Å². The molecule has 1 aromatic carbocycles. The summed E-state index contributed by atoms with van der Waals surface area (Å²) in [6, 6.07) is 7.28. The molecule has 0 spiro atoms. The highest BCUT2D eigenvalue weighted by molar-refractivity contribution is 9.10. The van der Waals surface area contributed by atoms with Gasteiger partial charge in [-0.2, -0.15) is 0 Å². The highest BCUT2D eigenvalue weighted by atomic mass is 79.9. The summed E-state index contributed by atoms with van der Waals surface area (Å²) in [5.74, 6) is 0.468. The number of carbonyl (C=O) groups excluding carboxylic acids is 1. The molecule has 2 N–H and O–H groups in total. The molecule has 0 radical (unpaired) electrons. The van der Waals surface area contributed by atoms with Gasteiger partial charge in [0.05, 0.1) is 13.2 Å². The zero-order chi connectivity index (χ0) is 11.4. The number of anilines is 1. The van der Waals surface area contributed by atoms with Crippen molar-refractivity contribution in [3.8, 4) is 0 Å². The fraction of sp³-hybridized carbons (Fsp3) is 0.364. The number of halogens is 1. The number of urea groups is 1. The van der Waals surface area contributed by atoms with Crippen molar-refractivity contribution >= 4 is 27.6 Å². The molecule has 0 saturated carbocycles. The molecule has 16 heavy (non-hydrogen) atoms. The summed E-state index contributed by atoms with van der Waals surface area (Å²) in [5.41, 5.74) is 0.783. The van der Waals surface area contributed by atoms with Crippen molar-refractivity contribution in [1.82, 2.24) is 5.32 Å². The van der Waals surface area contributed by atoms with Crippen LogP contribution in [0.1, 0.15) is 0 Å². The second-order valence-electron chi connectivity index (χ2n) is 3.75. The molecular formula is C11H13BrN2O2. The van der Waals surface area contributed by atoms with Crippen molar-refractivity contribution in [3.63, 3.8) is 0 Å². The molecule has 4 nitrogen and oxygen atoms in total. The summed E-state index contributed by atoms with van der Waals surface area (Å²) >= 11 is 3.34. The summed E-state index contributed by atoms with van der Waals surface area (Å²) in [7, 11) is 0. The Labute approximate surface area is 102 Å². The summed E-state index contributed by atoms with van der Waals surface area (Å²) in [6.45, 7) is 2.17. The average molecular weight is 285 g/mol. The van der Waals surface area contributed by atoms with E-state index < -0.39 is 0 Å². The first-order chi connectivity index (χ1) is 7.74. The molecule has 1 aliphatic rings. The van der Waals surface area contributed by atoms with Crippen molar-refractivity contribution in [1.29, 1.82) is 0 Å². The SMILES string of the molecule is O=C(NCC1COC1)Nc1ccc(Br)cc1. The lowest BCUT2D eigenvalue weighted by Crippen LogP contribution is -2.40. The maximum absolute atomic E-state index is 11.5. The van der Waals surface area contributed by atoms with Gasteiger partial charge in [-0.3, -0.25) is 0 Å². The molecule has 0 bridgehead atoms. The van der Waals surface area contributed by atoms with Crippen molar-refractivity contribution in [2.45, 2.75) is 0 Å². The molecule has 0 atom stereocenters. The van der Waals surface area contributed by atoms with Crippen molar-refractivity contribution < 1.29 is 9.53 Å². The Morgan fingerprint density at radius 2 is 2.06 bits per heavy atom. The third-order valence-electron chi connectivity index (χ3n) is 2.36. The predicted molar refractivity (Wildman–Crippen MR) is 65.5 cm³/mol. The average Bonchev–Trinajstić information content (AvgIpc) is 2.19. The standard InChI is InChI=1S/C11H13BrN2O2/c12-9-1-3-10(4-2-9)14-11(15)13-5-8-6-16-7-8/h1-4,8H,5-7H2,(H2,13,14,15). The van der Waals surface area contributed by atoms with Gasteiger partial charge >= 0.3 is 6.03 Å². The first kappa shape index (κ1) is 11.4. The van der Waals surface area contributed by atoms with Gasteiger partial charge in [0.15, 0.2) is 0 Å². The van der Waals surface area contributed by atoms with Crippen molar-refractivity contribution in [2.75, 3.05) is 25.1 Å². The van der Waals surface area contributed by atoms with Crippen molar-refractivity contribution in [2.24, 2.45) is 5.92 Å². The largest absolute Gasteiger partial charge is 0.381 e. The highest BCUT2D eigenvalue weighted by Gasteiger charge is 2.18. The number of rotatable bonds is 3. The summed E-state index contributed by atoms with van der Waals surface area (Å²) in [5, 5.41) is 5.57. The normalized spacial score (nSPS) is 15.3. The Kier molecular flexibility index (Phi) is 3.79. The van der Waals surface area contributed by atoms with Crippen LogP contribution in [-0.4, -0.2) is 25.8 Å². The van der Waals surface area contributed by atoms with E-state index in [1.165, 1.54) is 0 Å². The van der Waals surface area contributed by atoms with Crippen LogP contribution >= 0.6 is 15.9 Å². The van der Waals surface area contributed by atoms with Gasteiger partial charge in [-0.25, -0.2) is 4.79 Å². The van der Waals surface area contributed by atoms with E-state index in [1.54, 1.807) is 0 Å². The van der Waals surface area contributed by atoms with Crippen molar-refractivity contribution in [3.05, 3.63) is 28.7 Å². The van der Waals surface area contributed by atoms with Gasteiger partial charge in [-0.1, -0.05) is 15.9 Å². The van der Waals surface area contributed by atoms with E-state index in [2.05, 4.69) is 26.6 Å². The maximum Gasteiger partial charge on any atom is 0.319 e. The molecule has 2 amide bonds. The Morgan fingerprint density at radius 3 is 2.62 bits per heavy atom. The Morgan fingerprint density at radius 1 is 1.38 bits per heavy atom. The number of ether oxygens (including phenoxy) is 1. The number of hydrogen-bond donors (Lipinski definition) is 2. The lowest BCUT2D eigenvalue weighted by atomic mass is 10.1. The predicted octanol–water partition coefficient (Wildman–Crippen LogP) is 2.22. The number of benzene rings is 1. The minimum Gasteiger partial charge on any atom is -0.381 e. The third kappa shape index (κ3) is 3.21. The second-order valence-corrected chi connectivity index (χ2v) is 4.66. The van der Waals surface area contributed by atoms with Crippen LogP contribution in [0.15, 0.2) is 28.7 Å². The number of carbonyl (C=O) groups is 1. The van der Waals surface area contributed by atoms with Gasteiger partial charge < -0.3 is 15.4 Å². The molecule has 86 valence electrons. The molecule has 1 aliphatic heterocycles. The van der Waals surface area contributed by atoms with Crippen LogP contribution in [0.3, 0.4) is 0 Å². The van der Waals surface area contributed by atoms with Crippen LogP contribution < -0.4 is 10.6 Å². The zero-order valence-corrected chi connectivity index (χ0v) is 10.3. The third-order valence-corrected chi connectivity index (χ3v) is 2.89. The lowest BCUT2D eigenvalue weighted by Gasteiger charge is -2.25. The molecule has 0 aromatic heterocycles. The van der Waals surface area contributed by atoms with E-state index in [0.29, 0.717) is 12.5 Å². The van der Waals surface area contributed by atoms with E-state index in [1.807, 2.05) is 24.3 Å². The van der Waals surface area contributed by atoms with E-state index in [-0.39, 0.29) is 6.03 Å². The molecule has 1 fully saturated rings. The van der Waals surface area contributed by atoms with Crippen LogP contribution in [0.5, 0.6) is 0 Å². The van der Waals surface area contributed by atoms with Gasteiger partial charge in [0.25, 0.3) is 0 Å². The van der Waals surface area contributed by atoms with Gasteiger partial charge in [0, 0.05) is 22.6 Å². The van der Waals surface area contributed by atoms with Gasteiger partial charge in [-0.05, 0) is 24.3 Å². The van der Waals surface area contributed by atoms with E-state index in [9.17, 15) is 4.79 Å². The van der Waals surface area contributed by atoms with Crippen LogP contribution in [0.4, 0.5) is 10.5 Å². The Balaban J connectivity index is 1.75. The van der Waals surface area contributed by atoms with Gasteiger partial charge in [-0.15, -0.1) is 0 Å². The maximum atomic E-state index is 11.5. The molecule has 5 heteroatoms. The fourth-order valence-corrected chi connectivity index (χ4v) is 1.61. The quantitative estimate of drug-likeness (QED) is 0.894. The lowest BCUT2D eigenvalue weighted by molar-refractivity contribution is -0.0292. The first-order valence-corrected chi connectivity index (χ1v) is 5.91. The highest BCUT2D eigenvalue weighted by Crippen LogP contribution is 2.14. The van der Waals surface area contributed by atoms with E-state index >= 15 is 0 Å². The molecule has 1 aromatic rings. The zero-order valence-electron chi connectivity index (χ0n) is 8.70. The summed E-state index contributed by atoms with van der Waals surface area (Å²) in [4.78, 5) is 11.5. The van der Waals surface area contributed by atoms with Gasteiger partial charge in [0.1, 0.15) is 0 Å².